The fourth-order valence-electron chi connectivity index (χ4n) is 3.53. The number of aromatic nitrogens is 2. The zero-order valence-corrected chi connectivity index (χ0v) is 14.6. The molecule has 1 aliphatic carbocycles. The van der Waals surface area contributed by atoms with E-state index in [9.17, 15) is 14.7 Å². The van der Waals surface area contributed by atoms with Crippen LogP contribution in [0, 0.1) is 6.92 Å². The van der Waals surface area contributed by atoms with Crippen LogP contribution in [0.5, 0.6) is 0 Å². The lowest BCUT2D eigenvalue weighted by atomic mass is 9.94. The van der Waals surface area contributed by atoms with Gasteiger partial charge in [-0.2, -0.15) is 5.10 Å². The van der Waals surface area contributed by atoms with Gasteiger partial charge in [-0.05, 0) is 25.8 Å². The van der Waals surface area contributed by atoms with Crippen molar-refractivity contribution in [2.75, 3.05) is 0 Å². The molecule has 1 aromatic heterocycles. The van der Waals surface area contributed by atoms with Crippen molar-refractivity contribution >= 4 is 16.7 Å². The summed E-state index contributed by atoms with van der Waals surface area (Å²) in [6.45, 7) is 1.70. The minimum absolute atomic E-state index is 0.131. The third kappa shape index (κ3) is 4.07. The normalized spacial score (nSPS) is 21.5. The van der Waals surface area contributed by atoms with E-state index in [0.29, 0.717) is 17.5 Å². The van der Waals surface area contributed by atoms with Crippen LogP contribution in [0.4, 0.5) is 0 Å². The van der Waals surface area contributed by atoms with E-state index in [2.05, 4.69) is 10.4 Å². The van der Waals surface area contributed by atoms with Gasteiger partial charge in [0.2, 0.25) is 5.91 Å². The lowest BCUT2D eigenvalue weighted by Crippen LogP contribution is -2.46. The van der Waals surface area contributed by atoms with Gasteiger partial charge in [-0.25, -0.2) is 4.68 Å². The summed E-state index contributed by atoms with van der Waals surface area (Å²) in [4.78, 5) is 24.9. The number of nitrogens with one attached hydrogen (secondary N) is 1. The van der Waals surface area contributed by atoms with Crippen molar-refractivity contribution < 1.29 is 9.90 Å². The number of carbonyl (C=O) groups excluding carboxylic acids is 1. The largest absolute Gasteiger partial charge is 0.391 e. The standard InChI is InChI=1S/C19H25N3O3/c1-13-14-8-6-7-9-15(14)19(25)22(21-13)12-18(24)20-16-10-4-2-3-5-11-17(16)23/h6-9,16-17,23H,2-5,10-12H2,1H3,(H,20,24)/t16-,17-/m0/s1. The minimum atomic E-state index is -0.521. The first kappa shape index (κ1) is 17.6. The maximum absolute atomic E-state index is 12.5. The van der Waals surface area contributed by atoms with Crippen molar-refractivity contribution in [3.63, 3.8) is 0 Å². The Morgan fingerprint density at radius 3 is 2.64 bits per heavy atom. The van der Waals surface area contributed by atoms with Gasteiger partial charge in [-0.1, -0.05) is 43.9 Å². The second-order valence-electron chi connectivity index (χ2n) is 6.83. The van der Waals surface area contributed by atoms with Gasteiger partial charge in [0, 0.05) is 5.39 Å². The summed E-state index contributed by atoms with van der Waals surface area (Å²) >= 11 is 0. The Morgan fingerprint density at radius 1 is 1.20 bits per heavy atom. The van der Waals surface area contributed by atoms with Gasteiger partial charge in [0.25, 0.3) is 5.56 Å². The molecule has 0 aliphatic heterocycles. The summed E-state index contributed by atoms with van der Waals surface area (Å²) in [6, 6.07) is 7.03. The van der Waals surface area contributed by atoms with Crippen LogP contribution < -0.4 is 10.9 Å². The Kier molecular flexibility index (Phi) is 5.48. The van der Waals surface area contributed by atoms with Crippen molar-refractivity contribution in [1.82, 2.24) is 15.1 Å². The lowest BCUT2D eigenvalue weighted by Gasteiger charge is -2.26. The van der Waals surface area contributed by atoms with E-state index in [1.54, 1.807) is 12.1 Å². The highest BCUT2D eigenvalue weighted by molar-refractivity contribution is 5.83. The molecule has 1 aliphatic rings. The van der Waals surface area contributed by atoms with E-state index < -0.39 is 6.10 Å². The first-order chi connectivity index (χ1) is 12.1. The molecule has 0 radical (unpaired) electrons. The summed E-state index contributed by atoms with van der Waals surface area (Å²) < 4.78 is 1.21. The molecule has 2 aromatic rings. The van der Waals surface area contributed by atoms with Gasteiger partial charge in [-0.15, -0.1) is 0 Å². The lowest BCUT2D eigenvalue weighted by molar-refractivity contribution is -0.123. The van der Waals surface area contributed by atoms with E-state index in [-0.39, 0.29) is 24.1 Å². The van der Waals surface area contributed by atoms with Crippen LogP contribution in [-0.4, -0.2) is 32.9 Å². The minimum Gasteiger partial charge on any atom is -0.391 e. The molecule has 1 fully saturated rings. The number of nitrogens with zero attached hydrogens (tertiary/aromatic N) is 2. The maximum Gasteiger partial charge on any atom is 0.275 e. The summed E-state index contributed by atoms with van der Waals surface area (Å²) in [6.07, 6.45) is 5.20. The number of aryl methyl sites for hydroxylation is 1. The Labute approximate surface area is 146 Å². The molecule has 1 saturated carbocycles. The quantitative estimate of drug-likeness (QED) is 0.891. The number of rotatable bonds is 3. The van der Waals surface area contributed by atoms with Crippen molar-refractivity contribution in [2.24, 2.45) is 0 Å². The summed E-state index contributed by atoms with van der Waals surface area (Å²) in [7, 11) is 0. The van der Waals surface area contributed by atoms with Crippen LogP contribution in [0.25, 0.3) is 10.8 Å². The molecule has 0 saturated heterocycles. The van der Waals surface area contributed by atoms with E-state index >= 15 is 0 Å². The van der Waals surface area contributed by atoms with Crippen molar-refractivity contribution in [2.45, 2.75) is 64.1 Å². The number of hydrogen-bond donors (Lipinski definition) is 2. The first-order valence-electron chi connectivity index (χ1n) is 9.00. The predicted octanol–water partition coefficient (Wildman–Crippen LogP) is 1.90. The average molecular weight is 343 g/mol. The fourth-order valence-corrected chi connectivity index (χ4v) is 3.53. The van der Waals surface area contributed by atoms with Crippen LogP contribution in [0.1, 0.15) is 44.2 Å². The van der Waals surface area contributed by atoms with Gasteiger partial charge < -0.3 is 10.4 Å². The smallest absolute Gasteiger partial charge is 0.275 e. The predicted molar refractivity (Wildman–Crippen MR) is 96.4 cm³/mol. The molecule has 2 N–H and O–H groups in total. The monoisotopic (exact) mass is 343 g/mol. The highest BCUT2D eigenvalue weighted by atomic mass is 16.3. The highest BCUT2D eigenvalue weighted by Crippen LogP contribution is 2.18. The maximum atomic E-state index is 12.5. The fraction of sp³-hybridized carbons (Fsp3) is 0.526. The van der Waals surface area contributed by atoms with Gasteiger partial charge in [0.05, 0.1) is 23.2 Å². The van der Waals surface area contributed by atoms with Gasteiger partial charge >= 0.3 is 0 Å². The molecule has 1 heterocycles. The number of aliphatic hydroxyl groups is 1. The number of carbonyl (C=O) groups is 1. The molecule has 0 unspecified atom stereocenters. The van der Waals surface area contributed by atoms with Crippen molar-refractivity contribution in [1.29, 1.82) is 0 Å². The number of fused-ring (bicyclic) bond motifs is 1. The molecule has 25 heavy (non-hydrogen) atoms. The van der Waals surface area contributed by atoms with Crippen LogP contribution >= 0.6 is 0 Å². The highest BCUT2D eigenvalue weighted by Gasteiger charge is 2.22. The molecule has 6 heteroatoms. The summed E-state index contributed by atoms with van der Waals surface area (Å²) in [5, 5.41) is 18.8. The molecular weight excluding hydrogens is 318 g/mol. The van der Waals surface area contributed by atoms with Gasteiger partial charge in [0.15, 0.2) is 0 Å². The third-order valence-corrected chi connectivity index (χ3v) is 4.92. The van der Waals surface area contributed by atoms with Gasteiger partial charge in [0.1, 0.15) is 6.54 Å². The van der Waals surface area contributed by atoms with Crippen LogP contribution in [0.2, 0.25) is 0 Å². The molecule has 2 atom stereocenters. The van der Waals surface area contributed by atoms with E-state index in [1.165, 1.54) is 4.68 Å². The Bertz CT molecular complexity index is 815. The number of hydrogen-bond acceptors (Lipinski definition) is 4. The Balaban J connectivity index is 1.75. The zero-order chi connectivity index (χ0) is 17.8. The SMILES string of the molecule is Cc1nn(CC(=O)N[C@H]2CCCCCC[C@@H]2O)c(=O)c2ccccc12. The zero-order valence-electron chi connectivity index (χ0n) is 14.6. The average Bonchev–Trinajstić information content (AvgIpc) is 2.59. The Morgan fingerprint density at radius 2 is 1.88 bits per heavy atom. The second kappa shape index (κ2) is 7.78. The van der Waals surface area contributed by atoms with Crippen LogP contribution in [0.15, 0.2) is 29.1 Å². The van der Waals surface area contributed by atoms with Crippen molar-refractivity contribution in [3.8, 4) is 0 Å². The number of amides is 1. The van der Waals surface area contributed by atoms with Crippen molar-refractivity contribution in [3.05, 3.63) is 40.3 Å². The van der Waals surface area contributed by atoms with Crippen LogP contribution in [-0.2, 0) is 11.3 Å². The van der Waals surface area contributed by atoms with E-state index in [1.807, 2.05) is 19.1 Å². The molecular formula is C19H25N3O3. The molecule has 1 amide bonds. The first-order valence-corrected chi connectivity index (χ1v) is 9.00. The topological polar surface area (TPSA) is 84.2 Å². The summed E-state index contributed by atoms with van der Waals surface area (Å²) in [5.74, 6) is -0.283. The molecule has 3 rings (SSSR count). The Hall–Kier alpha value is -2.21. The molecule has 134 valence electrons. The number of benzene rings is 1. The van der Waals surface area contributed by atoms with E-state index in [0.717, 1.165) is 37.5 Å². The molecule has 6 nitrogen and oxygen atoms in total. The number of aliphatic hydroxyl groups excluding tert-OH is 1. The third-order valence-electron chi connectivity index (χ3n) is 4.92. The van der Waals surface area contributed by atoms with Gasteiger partial charge in [-0.3, -0.25) is 9.59 Å². The second-order valence-corrected chi connectivity index (χ2v) is 6.83. The van der Waals surface area contributed by atoms with E-state index in [4.69, 9.17) is 0 Å². The molecule has 0 bridgehead atoms. The van der Waals surface area contributed by atoms with Crippen LogP contribution in [0.3, 0.4) is 0 Å². The summed E-state index contributed by atoms with van der Waals surface area (Å²) in [5.41, 5.74) is 0.448. The molecule has 1 aromatic carbocycles. The molecule has 0 spiro atoms.